The molecule has 1 unspecified atom stereocenters. The highest BCUT2D eigenvalue weighted by Gasteiger charge is 2.29. The third-order valence-corrected chi connectivity index (χ3v) is 3.02. The van der Waals surface area contributed by atoms with Crippen molar-refractivity contribution >= 4 is 23.5 Å². The van der Waals surface area contributed by atoms with E-state index in [1.54, 1.807) is 11.7 Å². The predicted molar refractivity (Wildman–Crippen MR) is 70.0 cm³/mol. The zero-order valence-corrected chi connectivity index (χ0v) is 11.3. The Morgan fingerprint density at radius 3 is 3.05 bits per heavy atom. The molecule has 7 heteroatoms. The van der Waals surface area contributed by atoms with Gasteiger partial charge >= 0.3 is 0 Å². The zero-order chi connectivity index (χ0) is 14.0. The summed E-state index contributed by atoms with van der Waals surface area (Å²) in [4.78, 5) is 23.2. The molecule has 2 amide bonds. The Hall–Kier alpha value is -1.89. The number of hydrogen-bond donors (Lipinski definition) is 2. The molecule has 0 saturated carbocycles. The minimum absolute atomic E-state index is 0.00257. The summed E-state index contributed by atoms with van der Waals surface area (Å²) in [7, 11) is 1.73. The molecule has 1 aromatic rings. The van der Waals surface area contributed by atoms with Crippen LogP contribution < -0.4 is 10.6 Å². The van der Waals surface area contributed by atoms with Gasteiger partial charge < -0.3 is 15.4 Å². The largest absolute Gasteiger partial charge is 0.372 e. The van der Waals surface area contributed by atoms with Gasteiger partial charge in [-0.05, 0) is 12.8 Å². The molecule has 1 atom stereocenters. The third kappa shape index (κ3) is 2.76. The van der Waals surface area contributed by atoms with Gasteiger partial charge in [-0.3, -0.25) is 14.3 Å². The van der Waals surface area contributed by atoms with Crippen LogP contribution in [0.2, 0.25) is 0 Å². The quantitative estimate of drug-likeness (QED) is 0.845. The van der Waals surface area contributed by atoms with E-state index in [0.29, 0.717) is 24.7 Å². The molecule has 1 aromatic heterocycles. The molecular formula is C12H18N4O3. The number of nitrogens with one attached hydrogen (secondary N) is 2. The fraction of sp³-hybridized carbons (Fsp3) is 0.583. The Morgan fingerprint density at radius 2 is 2.37 bits per heavy atom. The average Bonchev–Trinajstić information content (AvgIpc) is 2.63. The van der Waals surface area contributed by atoms with E-state index in [1.807, 2.05) is 13.8 Å². The second-order valence-corrected chi connectivity index (χ2v) is 4.57. The molecule has 0 saturated heterocycles. The molecule has 0 radical (unpaired) electrons. The third-order valence-electron chi connectivity index (χ3n) is 3.02. The molecule has 0 bridgehead atoms. The summed E-state index contributed by atoms with van der Waals surface area (Å²) in [5.41, 5.74) is 0.868. The number of rotatable bonds is 4. The Labute approximate surface area is 111 Å². The van der Waals surface area contributed by atoms with Gasteiger partial charge in [0.2, 0.25) is 5.91 Å². The SMILES string of the molecule is CCOCC(=O)Nc1nn(C)c2c1C(C)CC(=O)N2. The molecule has 2 N–H and O–H groups in total. The van der Waals surface area contributed by atoms with Crippen LogP contribution in [-0.4, -0.2) is 34.8 Å². The smallest absolute Gasteiger partial charge is 0.251 e. The lowest BCUT2D eigenvalue weighted by Crippen LogP contribution is -2.24. The molecule has 0 spiro atoms. The summed E-state index contributed by atoms with van der Waals surface area (Å²) in [6, 6.07) is 0. The first-order valence-electron chi connectivity index (χ1n) is 6.27. The monoisotopic (exact) mass is 266 g/mol. The number of hydrogen-bond acceptors (Lipinski definition) is 4. The van der Waals surface area contributed by atoms with E-state index < -0.39 is 0 Å². The Balaban J connectivity index is 2.21. The highest BCUT2D eigenvalue weighted by molar-refractivity contribution is 5.97. The Bertz CT molecular complexity index is 509. The van der Waals surface area contributed by atoms with Crippen molar-refractivity contribution in [2.75, 3.05) is 23.8 Å². The van der Waals surface area contributed by atoms with Crippen LogP contribution in [0.15, 0.2) is 0 Å². The van der Waals surface area contributed by atoms with Crippen molar-refractivity contribution in [1.82, 2.24) is 9.78 Å². The van der Waals surface area contributed by atoms with Gasteiger partial charge in [0.05, 0.1) is 0 Å². The lowest BCUT2D eigenvalue weighted by Gasteiger charge is -2.20. The fourth-order valence-electron chi connectivity index (χ4n) is 2.17. The topological polar surface area (TPSA) is 85.2 Å². The van der Waals surface area contributed by atoms with E-state index in [9.17, 15) is 9.59 Å². The number of aryl methyl sites for hydroxylation is 1. The van der Waals surface area contributed by atoms with Crippen LogP contribution >= 0.6 is 0 Å². The van der Waals surface area contributed by atoms with Gasteiger partial charge in [0, 0.05) is 25.6 Å². The number of carbonyl (C=O) groups is 2. The fourth-order valence-corrected chi connectivity index (χ4v) is 2.17. The van der Waals surface area contributed by atoms with Crippen LogP contribution in [-0.2, 0) is 21.4 Å². The van der Waals surface area contributed by atoms with Crippen LogP contribution in [0.25, 0.3) is 0 Å². The van der Waals surface area contributed by atoms with Crippen molar-refractivity contribution in [3.63, 3.8) is 0 Å². The molecule has 1 aliphatic rings. The van der Waals surface area contributed by atoms with E-state index in [4.69, 9.17) is 4.74 Å². The number of carbonyl (C=O) groups excluding carboxylic acids is 2. The molecule has 2 rings (SSSR count). The first-order valence-corrected chi connectivity index (χ1v) is 6.27. The van der Waals surface area contributed by atoms with E-state index >= 15 is 0 Å². The standard InChI is InChI=1S/C12H18N4O3/c1-4-19-6-9(18)13-11-10-7(2)5-8(17)14-12(10)16(3)15-11/h7H,4-6H2,1-3H3,(H,14,17)(H,13,15,18). The van der Waals surface area contributed by atoms with Crippen molar-refractivity contribution in [1.29, 1.82) is 0 Å². The number of amides is 2. The molecule has 19 heavy (non-hydrogen) atoms. The highest BCUT2D eigenvalue weighted by atomic mass is 16.5. The molecular weight excluding hydrogens is 248 g/mol. The van der Waals surface area contributed by atoms with Crippen molar-refractivity contribution in [3.05, 3.63) is 5.56 Å². The normalized spacial score (nSPS) is 17.8. The van der Waals surface area contributed by atoms with Crippen LogP contribution in [0.1, 0.15) is 31.7 Å². The Kier molecular flexibility index (Phi) is 3.84. The molecule has 0 fully saturated rings. The second kappa shape index (κ2) is 5.40. The molecule has 1 aliphatic heterocycles. The van der Waals surface area contributed by atoms with Crippen molar-refractivity contribution in [2.24, 2.45) is 7.05 Å². The number of nitrogens with zero attached hydrogens (tertiary/aromatic N) is 2. The molecule has 2 heterocycles. The molecule has 104 valence electrons. The first kappa shape index (κ1) is 13.5. The summed E-state index contributed by atoms with van der Waals surface area (Å²) < 4.78 is 6.61. The summed E-state index contributed by atoms with van der Waals surface area (Å²) in [5.74, 6) is 0.895. The average molecular weight is 266 g/mol. The van der Waals surface area contributed by atoms with Crippen LogP contribution in [0.5, 0.6) is 0 Å². The van der Waals surface area contributed by atoms with E-state index in [0.717, 1.165) is 5.56 Å². The summed E-state index contributed by atoms with van der Waals surface area (Å²) >= 11 is 0. The van der Waals surface area contributed by atoms with Gasteiger partial charge in [-0.15, -0.1) is 0 Å². The number of anilines is 2. The predicted octanol–water partition coefficient (Wildman–Crippen LogP) is 0.841. The van der Waals surface area contributed by atoms with Gasteiger partial charge in [0.1, 0.15) is 12.4 Å². The second-order valence-electron chi connectivity index (χ2n) is 4.57. The maximum absolute atomic E-state index is 11.7. The number of aromatic nitrogens is 2. The summed E-state index contributed by atoms with van der Waals surface area (Å²) in [6.45, 7) is 4.26. The minimum Gasteiger partial charge on any atom is -0.372 e. The van der Waals surface area contributed by atoms with Crippen LogP contribution in [0.3, 0.4) is 0 Å². The van der Waals surface area contributed by atoms with E-state index in [2.05, 4.69) is 15.7 Å². The summed E-state index contributed by atoms with van der Waals surface area (Å²) in [5, 5.41) is 9.74. The Morgan fingerprint density at radius 1 is 1.63 bits per heavy atom. The number of ether oxygens (including phenoxy) is 1. The van der Waals surface area contributed by atoms with Crippen molar-refractivity contribution in [3.8, 4) is 0 Å². The summed E-state index contributed by atoms with van der Waals surface area (Å²) in [6.07, 6.45) is 0.396. The van der Waals surface area contributed by atoms with Gasteiger partial charge in [0.15, 0.2) is 5.82 Å². The van der Waals surface area contributed by atoms with Crippen LogP contribution in [0.4, 0.5) is 11.6 Å². The van der Waals surface area contributed by atoms with Crippen molar-refractivity contribution < 1.29 is 14.3 Å². The lowest BCUT2D eigenvalue weighted by molar-refractivity contribution is -0.120. The van der Waals surface area contributed by atoms with E-state index in [1.165, 1.54) is 0 Å². The lowest BCUT2D eigenvalue weighted by atomic mass is 9.95. The van der Waals surface area contributed by atoms with Gasteiger partial charge in [0.25, 0.3) is 5.91 Å². The highest BCUT2D eigenvalue weighted by Crippen LogP contribution is 2.36. The zero-order valence-electron chi connectivity index (χ0n) is 11.3. The van der Waals surface area contributed by atoms with E-state index in [-0.39, 0.29) is 24.3 Å². The van der Waals surface area contributed by atoms with Crippen LogP contribution in [0, 0.1) is 0 Å². The van der Waals surface area contributed by atoms with Crippen molar-refractivity contribution in [2.45, 2.75) is 26.2 Å². The maximum Gasteiger partial charge on any atom is 0.251 e. The molecule has 0 aromatic carbocycles. The van der Waals surface area contributed by atoms with Gasteiger partial charge in [-0.1, -0.05) is 6.92 Å². The van der Waals surface area contributed by atoms with Gasteiger partial charge in [-0.2, -0.15) is 5.10 Å². The minimum atomic E-state index is -0.244. The molecule has 0 aliphatic carbocycles. The maximum atomic E-state index is 11.7. The first-order chi connectivity index (χ1) is 9.02. The molecule has 7 nitrogen and oxygen atoms in total. The number of fused-ring (bicyclic) bond motifs is 1. The van der Waals surface area contributed by atoms with Gasteiger partial charge in [-0.25, -0.2) is 0 Å².